The molecule has 1 saturated heterocycles. The largest absolute Gasteiger partial charge is 0.277 e. The molecule has 1 aromatic carbocycles. The molecule has 5 heteroatoms. The Kier molecular flexibility index (Phi) is 2.95. The SMILES string of the molecule is C[C@H]1[C@H](c2ccccc2)SP(N)(=O)N1C. The molecule has 2 rings (SSSR count). The van der Waals surface area contributed by atoms with Gasteiger partial charge in [-0.15, -0.1) is 0 Å². The number of nitrogens with two attached hydrogens (primary N) is 1. The summed E-state index contributed by atoms with van der Waals surface area (Å²) in [6, 6.07) is 10.3. The summed E-state index contributed by atoms with van der Waals surface area (Å²) in [6.07, 6.45) is 0. The van der Waals surface area contributed by atoms with E-state index in [1.807, 2.05) is 25.2 Å². The second-order valence-electron chi connectivity index (χ2n) is 3.82. The first-order chi connectivity index (χ1) is 7.02. The van der Waals surface area contributed by atoms with Crippen LogP contribution in [0.1, 0.15) is 17.7 Å². The standard InChI is InChI=1S/C10H15N2OPS/c1-8-10(9-6-4-3-5-7-9)15-14(11,13)12(8)2/h3-8,10H,1-2H3,(H2,11,13)/t8-,10+,14?/m0/s1. The highest BCUT2D eigenvalue weighted by molar-refractivity contribution is 8.57. The number of benzene rings is 1. The van der Waals surface area contributed by atoms with Crippen LogP contribution in [-0.4, -0.2) is 17.8 Å². The van der Waals surface area contributed by atoms with E-state index in [1.165, 1.54) is 16.9 Å². The molecule has 0 radical (unpaired) electrons. The molecule has 1 aromatic rings. The maximum Gasteiger partial charge on any atom is 0.267 e. The summed E-state index contributed by atoms with van der Waals surface area (Å²) in [4.78, 5) is 0. The minimum atomic E-state index is -2.66. The molecule has 0 saturated carbocycles. The summed E-state index contributed by atoms with van der Waals surface area (Å²) in [6.45, 7) is -0.595. The molecule has 0 aliphatic carbocycles. The van der Waals surface area contributed by atoms with Gasteiger partial charge in [0.15, 0.2) is 0 Å². The number of hydrogen-bond acceptors (Lipinski definition) is 2. The summed E-state index contributed by atoms with van der Waals surface area (Å²) in [5.74, 6) is 0. The van der Waals surface area contributed by atoms with Crippen LogP contribution in [0.3, 0.4) is 0 Å². The maximum atomic E-state index is 12.0. The molecule has 3 nitrogen and oxygen atoms in total. The molecule has 0 bridgehead atoms. The summed E-state index contributed by atoms with van der Waals surface area (Å²) in [5, 5.41) is 0.215. The lowest BCUT2D eigenvalue weighted by atomic mass is 10.1. The van der Waals surface area contributed by atoms with Crippen LogP contribution in [0.25, 0.3) is 0 Å². The van der Waals surface area contributed by atoms with Crippen molar-refractivity contribution >= 4 is 18.0 Å². The highest BCUT2D eigenvalue weighted by Gasteiger charge is 2.43. The fourth-order valence-corrected chi connectivity index (χ4v) is 6.36. The first-order valence-corrected chi connectivity index (χ1v) is 8.09. The molecular formula is C10H15N2OPS. The predicted molar refractivity (Wildman–Crippen MR) is 65.8 cm³/mol. The zero-order valence-corrected chi connectivity index (χ0v) is 10.5. The summed E-state index contributed by atoms with van der Waals surface area (Å²) >= 11 is 1.40. The molecule has 0 aromatic heterocycles. The third-order valence-electron chi connectivity index (χ3n) is 2.86. The van der Waals surface area contributed by atoms with E-state index in [2.05, 4.69) is 19.1 Å². The number of nitrogens with zero attached hydrogens (tertiary/aromatic N) is 1. The normalized spacial score (nSPS) is 37.0. The van der Waals surface area contributed by atoms with E-state index in [4.69, 9.17) is 5.50 Å². The zero-order valence-electron chi connectivity index (χ0n) is 8.83. The van der Waals surface area contributed by atoms with Crippen molar-refractivity contribution in [3.05, 3.63) is 35.9 Å². The van der Waals surface area contributed by atoms with Gasteiger partial charge >= 0.3 is 0 Å². The molecule has 82 valence electrons. The van der Waals surface area contributed by atoms with Crippen LogP contribution in [0.15, 0.2) is 30.3 Å². The average molecular weight is 242 g/mol. The lowest BCUT2D eigenvalue weighted by Gasteiger charge is -2.19. The Labute approximate surface area is 94.3 Å². The van der Waals surface area contributed by atoms with Gasteiger partial charge in [0.2, 0.25) is 0 Å². The van der Waals surface area contributed by atoms with Crippen LogP contribution in [0, 0.1) is 0 Å². The van der Waals surface area contributed by atoms with Crippen LogP contribution in [0.5, 0.6) is 0 Å². The Bertz CT molecular complexity index is 398. The summed E-state index contributed by atoms with van der Waals surface area (Å²) in [7, 11) is 1.83. The van der Waals surface area contributed by atoms with E-state index in [0.29, 0.717) is 0 Å². The second kappa shape index (κ2) is 3.95. The van der Waals surface area contributed by atoms with Gasteiger partial charge in [0.05, 0.1) is 5.25 Å². The van der Waals surface area contributed by atoms with Gasteiger partial charge < -0.3 is 0 Å². The Balaban J connectivity index is 2.31. The highest BCUT2D eigenvalue weighted by Crippen LogP contribution is 2.68. The van der Waals surface area contributed by atoms with Gasteiger partial charge in [-0.1, -0.05) is 41.7 Å². The van der Waals surface area contributed by atoms with Gasteiger partial charge in [-0.05, 0) is 19.5 Å². The molecular weight excluding hydrogens is 227 g/mol. The molecule has 1 heterocycles. The third kappa shape index (κ3) is 2.00. The van der Waals surface area contributed by atoms with Crippen LogP contribution >= 0.6 is 18.0 Å². The molecule has 1 unspecified atom stereocenters. The molecule has 1 aliphatic heterocycles. The molecule has 0 spiro atoms. The highest BCUT2D eigenvalue weighted by atomic mass is 32.7. The Morgan fingerprint density at radius 1 is 1.40 bits per heavy atom. The fraction of sp³-hybridized carbons (Fsp3) is 0.400. The van der Waals surface area contributed by atoms with Crippen molar-refractivity contribution in [2.45, 2.75) is 18.2 Å². The smallest absolute Gasteiger partial charge is 0.267 e. The Morgan fingerprint density at radius 3 is 2.47 bits per heavy atom. The number of likely N-dealkylation sites (N-methyl/N-ethyl adjacent to an activating group) is 1. The van der Waals surface area contributed by atoms with Gasteiger partial charge in [0.25, 0.3) is 6.65 Å². The number of rotatable bonds is 1. The zero-order chi connectivity index (χ0) is 11.1. The van der Waals surface area contributed by atoms with E-state index >= 15 is 0 Å². The van der Waals surface area contributed by atoms with Crippen molar-refractivity contribution in [1.29, 1.82) is 0 Å². The van der Waals surface area contributed by atoms with Crippen LogP contribution < -0.4 is 5.50 Å². The van der Waals surface area contributed by atoms with Gasteiger partial charge in [-0.2, -0.15) is 0 Å². The second-order valence-corrected chi connectivity index (χ2v) is 8.49. The van der Waals surface area contributed by atoms with E-state index in [-0.39, 0.29) is 11.3 Å². The monoisotopic (exact) mass is 242 g/mol. The quantitative estimate of drug-likeness (QED) is 0.769. The molecule has 2 N–H and O–H groups in total. The first-order valence-electron chi connectivity index (χ1n) is 4.87. The van der Waals surface area contributed by atoms with E-state index in [9.17, 15) is 4.57 Å². The van der Waals surface area contributed by atoms with E-state index < -0.39 is 6.65 Å². The Morgan fingerprint density at radius 2 is 2.00 bits per heavy atom. The summed E-state index contributed by atoms with van der Waals surface area (Å²) < 4.78 is 13.8. The lowest BCUT2D eigenvalue weighted by molar-refractivity contribution is 0.402. The van der Waals surface area contributed by atoms with Crippen molar-refractivity contribution in [3.63, 3.8) is 0 Å². The van der Waals surface area contributed by atoms with Gasteiger partial charge in [0.1, 0.15) is 0 Å². The molecule has 1 fully saturated rings. The molecule has 1 aliphatic rings. The predicted octanol–water partition coefficient (Wildman–Crippen LogP) is 2.86. The third-order valence-corrected chi connectivity index (χ3v) is 7.66. The topological polar surface area (TPSA) is 46.3 Å². The lowest BCUT2D eigenvalue weighted by Crippen LogP contribution is -2.24. The molecule has 15 heavy (non-hydrogen) atoms. The van der Waals surface area contributed by atoms with Crippen LogP contribution in [-0.2, 0) is 4.57 Å². The van der Waals surface area contributed by atoms with Crippen molar-refractivity contribution in [2.75, 3.05) is 7.05 Å². The maximum absolute atomic E-state index is 12.0. The van der Waals surface area contributed by atoms with Crippen molar-refractivity contribution < 1.29 is 4.57 Å². The first kappa shape index (κ1) is 11.2. The number of hydrogen-bond donors (Lipinski definition) is 1. The molecule has 0 amide bonds. The average Bonchev–Trinajstić information content (AvgIpc) is 2.44. The van der Waals surface area contributed by atoms with Gasteiger partial charge in [0, 0.05) is 6.04 Å². The fourth-order valence-electron chi connectivity index (χ4n) is 1.76. The van der Waals surface area contributed by atoms with Crippen LogP contribution in [0.4, 0.5) is 0 Å². The minimum Gasteiger partial charge on any atom is -0.277 e. The summed E-state index contributed by atoms with van der Waals surface area (Å²) in [5.41, 5.74) is 6.98. The van der Waals surface area contributed by atoms with Gasteiger partial charge in [-0.3, -0.25) is 10.1 Å². The van der Waals surface area contributed by atoms with E-state index in [1.54, 1.807) is 4.67 Å². The van der Waals surface area contributed by atoms with Crippen molar-refractivity contribution in [3.8, 4) is 0 Å². The van der Waals surface area contributed by atoms with Gasteiger partial charge in [-0.25, -0.2) is 4.67 Å². The molecule has 3 atom stereocenters. The Hall–Kier alpha value is -0.280. The van der Waals surface area contributed by atoms with Crippen molar-refractivity contribution in [1.82, 2.24) is 4.67 Å². The van der Waals surface area contributed by atoms with E-state index in [0.717, 1.165) is 0 Å². The van der Waals surface area contributed by atoms with Crippen molar-refractivity contribution in [2.24, 2.45) is 5.50 Å². The van der Waals surface area contributed by atoms with Crippen LogP contribution in [0.2, 0.25) is 0 Å². The minimum absolute atomic E-state index is 0.215.